The fourth-order valence-corrected chi connectivity index (χ4v) is 2.22. The maximum absolute atomic E-state index is 13.5. The van der Waals surface area contributed by atoms with Crippen molar-refractivity contribution < 1.29 is 23.9 Å². The summed E-state index contributed by atoms with van der Waals surface area (Å²) in [4.78, 5) is 35.8. The first kappa shape index (κ1) is 15.1. The number of phenolic OH excluding ortho intramolecular Hbond substituents is 1. The van der Waals surface area contributed by atoms with Crippen LogP contribution >= 0.6 is 0 Å². The standard InChI is InChI=1S/C14H15FN2O4/c1-7-14(21)16-12(19)6-17(7)5-9-3-10(15)4-11(8(2)18)13(9)20/h3-4,7,20H,5-6H2,1-2H3,(H,16,19,21). The van der Waals surface area contributed by atoms with Crippen molar-refractivity contribution in [1.82, 2.24) is 10.2 Å². The minimum absolute atomic E-state index is 0.00972. The highest BCUT2D eigenvalue weighted by Gasteiger charge is 2.31. The number of carbonyl (C=O) groups excluding carboxylic acids is 3. The summed E-state index contributed by atoms with van der Waals surface area (Å²) in [5, 5.41) is 12.2. The largest absolute Gasteiger partial charge is 0.507 e. The van der Waals surface area contributed by atoms with E-state index in [0.29, 0.717) is 0 Å². The van der Waals surface area contributed by atoms with E-state index in [-0.39, 0.29) is 30.0 Å². The van der Waals surface area contributed by atoms with Crippen LogP contribution in [0.3, 0.4) is 0 Å². The highest BCUT2D eigenvalue weighted by molar-refractivity contribution is 6.01. The molecule has 0 aromatic heterocycles. The highest BCUT2D eigenvalue weighted by Crippen LogP contribution is 2.27. The number of aromatic hydroxyl groups is 1. The molecule has 2 rings (SSSR count). The van der Waals surface area contributed by atoms with Crippen LogP contribution in [0.2, 0.25) is 0 Å². The maximum atomic E-state index is 13.5. The second-order valence-electron chi connectivity index (χ2n) is 5.01. The van der Waals surface area contributed by atoms with E-state index in [4.69, 9.17) is 0 Å². The van der Waals surface area contributed by atoms with Gasteiger partial charge >= 0.3 is 0 Å². The number of phenols is 1. The lowest BCUT2D eigenvalue weighted by atomic mass is 10.0. The summed E-state index contributed by atoms with van der Waals surface area (Å²) in [5.74, 6) is -2.36. The number of Topliss-reactive ketones (excluding diaryl/α,β-unsaturated/α-hetero) is 1. The summed E-state index contributed by atoms with van der Waals surface area (Å²) < 4.78 is 13.5. The molecule has 112 valence electrons. The van der Waals surface area contributed by atoms with Crippen LogP contribution in [0, 0.1) is 5.82 Å². The molecule has 6 nitrogen and oxygen atoms in total. The van der Waals surface area contributed by atoms with Crippen LogP contribution in [-0.2, 0) is 16.1 Å². The first-order valence-electron chi connectivity index (χ1n) is 6.39. The van der Waals surface area contributed by atoms with Crippen molar-refractivity contribution in [3.05, 3.63) is 29.1 Å². The number of benzene rings is 1. The van der Waals surface area contributed by atoms with E-state index < -0.39 is 29.5 Å². The number of halogens is 1. The molecule has 7 heteroatoms. The van der Waals surface area contributed by atoms with E-state index in [1.165, 1.54) is 11.8 Å². The smallest absolute Gasteiger partial charge is 0.243 e. The van der Waals surface area contributed by atoms with Crippen molar-refractivity contribution in [1.29, 1.82) is 0 Å². The van der Waals surface area contributed by atoms with Gasteiger partial charge in [-0.1, -0.05) is 0 Å². The van der Waals surface area contributed by atoms with Crippen LogP contribution in [0.25, 0.3) is 0 Å². The van der Waals surface area contributed by atoms with Crippen LogP contribution in [0.1, 0.15) is 29.8 Å². The maximum Gasteiger partial charge on any atom is 0.243 e. The fraction of sp³-hybridized carbons (Fsp3) is 0.357. The molecule has 1 atom stereocenters. The average Bonchev–Trinajstić information content (AvgIpc) is 2.38. The number of nitrogens with one attached hydrogen (secondary N) is 1. The number of ketones is 1. The Morgan fingerprint density at radius 2 is 2.14 bits per heavy atom. The predicted octanol–water partition coefficient (Wildman–Crippen LogP) is 0.581. The topological polar surface area (TPSA) is 86.7 Å². The molecule has 0 radical (unpaired) electrons. The van der Waals surface area contributed by atoms with Crippen LogP contribution in [0.5, 0.6) is 5.75 Å². The number of nitrogens with zero attached hydrogens (tertiary/aromatic N) is 1. The van der Waals surface area contributed by atoms with Crippen molar-refractivity contribution >= 4 is 17.6 Å². The Labute approximate surface area is 120 Å². The lowest BCUT2D eigenvalue weighted by molar-refractivity contribution is -0.139. The van der Waals surface area contributed by atoms with Gasteiger partial charge in [-0.05, 0) is 26.0 Å². The zero-order valence-electron chi connectivity index (χ0n) is 11.6. The molecular weight excluding hydrogens is 279 g/mol. The summed E-state index contributed by atoms with van der Waals surface area (Å²) in [6.45, 7) is 2.77. The first-order valence-corrected chi connectivity index (χ1v) is 6.39. The number of hydrogen-bond acceptors (Lipinski definition) is 5. The van der Waals surface area contributed by atoms with E-state index in [2.05, 4.69) is 5.32 Å². The SMILES string of the molecule is CC(=O)c1cc(F)cc(CN2CC(=O)NC(=O)C2C)c1O. The molecule has 0 aliphatic carbocycles. The number of carbonyl (C=O) groups is 3. The molecule has 1 aromatic rings. The van der Waals surface area contributed by atoms with Crippen molar-refractivity contribution in [2.75, 3.05) is 6.54 Å². The second-order valence-corrected chi connectivity index (χ2v) is 5.01. The Hall–Kier alpha value is -2.28. The monoisotopic (exact) mass is 294 g/mol. The zero-order valence-corrected chi connectivity index (χ0v) is 11.6. The molecule has 1 heterocycles. The number of amides is 2. The van der Waals surface area contributed by atoms with Crippen LogP contribution in [0.4, 0.5) is 4.39 Å². The van der Waals surface area contributed by atoms with Gasteiger partial charge in [0.2, 0.25) is 11.8 Å². The summed E-state index contributed by atoms with van der Waals surface area (Å²) >= 11 is 0. The molecule has 1 aromatic carbocycles. The average molecular weight is 294 g/mol. The van der Waals surface area contributed by atoms with Gasteiger partial charge in [0.1, 0.15) is 11.6 Å². The summed E-state index contributed by atoms with van der Waals surface area (Å²) in [5.41, 5.74) is 0.0417. The van der Waals surface area contributed by atoms with Crippen LogP contribution in [-0.4, -0.2) is 40.2 Å². The van der Waals surface area contributed by atoms with Gasteiger partial charge in [0.15, 0.2) is 5.78 Å². The van der Waals surface area contributed by atoms with E-state index in [1.54, 1.807) is 6.92 Å². The third-order valence-corrected chi connectivity index (χ3v) is 3.44. The second kappa shape index (κ2) is 5.61. The normalized spacial score (nSPS) is 19.5. The number of piperazine rings is 1. The molecule has 1 saturated heterocycles. The van der Waals surface area contributed by atoms with Crippen LogP contribution in [0.15, 0.2) is 12.1 Å². The number of rotatable bonds is 3. The molecule has 2 amide bonds. The van der Waals surface area contributed by atoms with Gasteiger partial charge in [-0.15, -0.1) is 0 Å². The Balaban J connectivity index is 2.33. The highest BCUT2D eigenvalue weighted by atomic mass is 19.1. The van der Waals surface area contributed by atoms with Gasteiger partial charge in [0, 0.05) is 12.1 Å². The fourth-order valence-electron chi connectivity index (χ4n) is 2.22. The predicted molar refractivity (Wildman–Crippen MR) is 71.1 cm³/mol. The lowest BCUT2D eigenvalue weighted by Gasteiger charge is -2.31. The van der Waals surface area contributed by atoms with Gasteiger partial charge in [-0.2, -0.15) is 0 Å². The van der Waals surface area contributed by atoms with E-state index in [1.807, 2.05) is 0 Å². The van der Waals surface area contributed by atoms with Gasteiger partial charge in [-0.25, -0.2) is 4.39 Å². The van der Waals surface area contributed by atoms with Crippen molar-refractivity contribution in [3.8, 4) is 5.75 Å². The van der Waals surface area contributed by atoms with Gasteiger partial charge < -0.3 is 5.11 Å². The molecular formula is C14H15FN2O4. The Kier molecular flexibility index (Phi) is 4.04. The zero-order chi connectivity index (χ0) is 15.7. The summed E-state index contributed by atoms with van der Waals surface area (Å²) in [6, 6.07) is 1.45. The first-order chi connectivity index (χ1) is 9.79. The lowest BCUT2D eigenvalue weighted by Crippen LogP contribution is -2.56. The minimum atomic E-state index is -0.659. The van der Waals surface area contributed by atoms with Gasteiger partial charge in [-0.3, -0.25) is 24.6 Å². The third kappa shape index (κ3) is 3.08. The Bertz CT molecular complexity index is 630. The van der Waals surface area contributed by atoms with E-state index in [0.717, 1.165) is 12.1 Å². The van der Waals surface area contributed by atoms with Gasteiger partial charge in [0.05, 0.1) is 18.2 Å². The van der Waals surface area contributed by atoms with Crippen molar-refractivity contribution in [2.24, 2.45) is 0 Å². The van der Waals surface area contributed by atoms with E-state index >= 15 is 0 Å². The Morgan fingerprint density at radius 1 is 1.48 bits per heavy atom. The molecule has 0 bridgehead atoms. The minimum Gasteiger partial charge on any atom is -0.507 e. The van der Waals surface area contributed by atoms with E-state index in [9.17, 15) is 23.9 Å². The van der Waals surface area contributed by atoms with Gasteiger partial charge in [0.25, 0.3) is 0 Å². The quantitative estimate of drug-likeness (QED) is 0.629. The molecule has 21 heavy (non-hydrogen) atoms. The molecule has 1 aliphatic heterocycles. The van der Waals surface area contributed by atoms with Crippen molar-refractivity contribution in [2.45, 2.75) is 26.4 Å². The van der Waals surface area contributed by atoms with Crippen molar-refractivity contribution in [3.63, 3.8) is 0 Å². The molecule has 1 aliphatic rings. The molecule has 0 saturated carbocycles. The number of imide groups is 1. The van der Waals surface area contributed by atoms with Crippen LogP contribution < -0.4 is 5.32 Å². The Morgan fingerprint density at radius 3 is 2.76 bits per heavy atom. The summed E-state index contributed by atoms with van der Waals surface area (Å²) in [6.07, 6.45) is 0. The molecule has 1 unspecified atom stereocenters. The third-order valence-electron chi connectivity index (χ3n) is 3.44. The molecule has 2 N–H and O–H groups in total. The molecule has 0 spiro atoms. The number of hydrogen-bond donors (Lipinski definition) is 2. The summed E-state index contributed by atoms with van der Waals surface area (Å²) in [7, 11) is 0. The molecule has 1 fully saturated rings.